The van der Waals surface area contributed by atoms with Crippen molar-refractivity contribution in [2.45, 2.75) is 26.2 Å². The Bertz CT molecular complexity index is 556. The fourth-order valence-corrected chi connectivity index (χ4v) is 2.32. The first-order chi connectivity index (χ1) is 11.7. The molecular weight excluding hydrogens is 304 g/mol. The summed E-state index contributed by atoms with van der Waals surface area (Å²) in [6.45, 7) is 4.82. The summed E-state index contributed by atoms with van der Waals surface area (Å²) < 4.78 is 5.23. The molecule has 6 heteroatoms. The van der Waals surface area contributed by atoms with E-state index in [4.69, 9.17) is 4.74 Å². The highest BCUT2D eigenvalue weighted by molar-refractivity contribution is 5.81. The topological polar surface area (TPSA) is 74.8 Å². The average Bonchev–Trinajstić information content (AvgIpc) is 3.43. The van der Waals surface area contributed by atoms with Gasteiger partial charge >= 0.3 is 0 Å². The smallest absolute Gasteiger partial charge is 0.223 e. The largest absolute Gasteiger partial charge is 0.497 e. The molecule has 1 aromatic rings. The van der Waals surface area contributed by atoms with E-state index < -0.39 is 0 Å². The van der Waals surface area contributed by atoms with E-state index in [1.807, 2.05) is 25.1 Å². The van der Waals surface area contributed by atoms with E-state index in [1.54, 1.807) is 7.11 Å². The molecule has 6 nitrogen and oxygen atoms in total. The van der Waals surface area contributed by atoms with Crippen molar-refractivity contribution >= 4 is 11.9 Å². The van der Waals surface area contributed by atoms with Crippen LogP contribution >= 0.6 is 0 Å². The quantitative estimate of drug-likeness (QED) is 0.362. The van der Waals surface area contributed by atoms with Gasteiger partial charge in [-0.1, -0.05) is 12.1 Å². The molecule has 0 saturated heterocycles. The van der Waals surface area contributed by atoms with Crippen LogP contribution in [0.2, 0.25) is 0 Å². The Morgan fingerprint density at radius 2 is 2.04 bits per heavy atom. The molecule has 0 bridgehead atoms. The number of rotatable bonds is 9. The molecule has 24 heavy (non-hydrogen) atoms. The molecule has 1 fully saturated rings. The van der Waals surface area contributed by atoms with Crippen LogP contribution in [0.25, 0.3) is 0 Å². The van der Waals surface area contributed by atoms with Crippen molar-refractivity contribution in [1.82, 2.24) is 16.0 Å². The van der Waals surface area contributed by atoms with Crippen molar-refractivity contribution in [3.8, 4) is 5.75 Å². The maximum absolute atomic E-state index is 11.6. The first kappa shape index (κ1) is 18.1. The van der Waals surface area contributed by atoms with Gasteiger partial charge in [-0.25, -0.2) is 0 Å². The molecule has 0 spiro atoms. The molecular formula is C18H28N4O2. The van der Waals surface area contributed by atoms with E-state index in [0.29, 0.717) is 19.6 Å². The van der Waals surface area contributed by atoms with E-state index in [2.05, 4.69) is 27.0 Å². The van der Waals surface area contributed by atoms with Crippen molar-refractivity contribution in [2.24, 2.45) is 10.9 Å². The van der Waals surface area contributed by atoms with Gasteiger partial charge in [0.1, 0.15) is 5.75 Å². The number of carbonyl (C=O) groups excluding carboxylic acids is 1. The number of hydrogen-bond donors (Lipinski definition) is 3. The second kappa shape index (κ2) is 9.80. The maximum atomic E-state index is 11.6. The highest BCUT2D eigenvalue weighted by Crippen LogP contribution is 2.28. The molecule has 1 aliphatic rings. The van der Waals surface area contributed by atoms with Gasteiger partial charge in [0, 0.05) is 32.1 Å². The van der Waals surface area contributed by atoms with Gasteiger partial charge in [-0.05, 0) is 43.9 Å². The molecule has 1 aromatic carbocycles. The Hall–Kier alpha value is -2.24. The minimum atomic E-state index is 0.178. The first-order valence-corrected chi connectivity index (χ1v) is 8.65. The molecule has 2 rings (SSSR count). The SMILES string of the molecule is CCNC(=NCCc1cccc(OC)c1)NCCNC(=O)C1CC1. The summed E-state index contributed by atoms with van der Waals surface area (Å²) in [5, 5.41) is 9.40. The number of ether oxygens (including phenoxy) is 1. The van der Waals surface area contributed by atoms with Crippen molar-refractivity contribution in [3.05, 3.63) is 29.8 Å². The first-order valence-electron chi connectivity index (χ1n) is 8.65. The Kier molecular flexibility index (Phi) is 7.39. The van der Waals surface area contributed by atoms with Crippen LogP contribution in [-0.2, 0) is 11.2 Å². The fraction of sp³-hybridized carbons (Fsp3) is 0.556. The molecule has 132 valence electrons. The summed E-state index contributed by atoms with van der Waals surface area (Å²) in [6.07, 6.45) is 2.92. The van der Waals surface area contributed by atoms with Crippen molar-refractivity contribution in [1.29, 1.82) is 0 Å². The fourth-order valence-electron chi connectivity index (χ4n) is 2.32. The summed E-state index contributed by atoms with van der Waals surface area (Å²) in [6, 6.07) is 8.04. The van der Waals surface area contributed by atoms with Gasteiger partial charge in [-0.15, -0.1) is 0 Å². The van der Waals surface area contributed by atoms with E-state index >= 15 is 0 Å². The van der Waals surface area contributed by atoms with Gasteiger partial charge in [0.15, 0.2) is 5.96 Å². The van der Waals surface area contributed by atoms with Gasteiger partial charge in [0.25, 0.3) is 0 Å². The summed E-state index contributed by atoms with van der Waals surface area (Å²) >= 11 is 0. The Morgan fingerprint density at radius 1 is 1.25 bits per heavy atom. The lowest BCUT2D eigenvalue weighted by Gasteiger charge is -2.12. The van der Waals surface area contributed by atoms with Crippen LogP contribution in [-0.4, -0.2) is 45.2 Å². The van der Waals surface area contributed by atoms with E-state index in [-0.39, 0.29) is 11.8 Å². The van der Waals surface area contributed by atoms with E-state index in [0.717, 1.165) is 37.5 Å². The molecule has 0 aromatic heterocycles. The zero-order valence-electron chi connectivity index (χ0n) is 14.6. The van der Waals surface area contributed by atoms with Gasteiger partial charge in [-0.3, -0.25) is 9.79 Å². The molecule has 3 N–H and O–H groups in total. The third-order valence-electron chi connectivity index (χ3n) is 3.81. The summed E-state index contributed by atoms with van der Waals surface area (Å²) in [5.74, 6) is 2.08. The van der Waals surface area contributed by atoms with Gasteiger partial charge in [-0.2, -0.15) is 0 Å². The van der Waals surface area contributed by atoms with Crippen LogP contribution < -0.4 is 20.7 Å². The van der Waals surface area contributed by atoms with Crippen LogP contribution in [0, 0.1) is 5.92 Å². The predicted octanol–water partition coefficient (Wildman–Crippen LogP) is 1.32. The van der Waals surface area contributed by atoms with Crippen LogP contribution in [0.3, 0.4) is 0 Å². The average molecular weight is 332 g/mol. The van der Waals surface area contributed by atoms with Gasteiger partial charge in [0.05, 0.1) is 7.11 Å². The number of hydrogen-bond acceptors (Lipinski definition) is 3. The number of aliphatic imine (C=N–C) groups is 1. The summed E-state index contributed by atoms with van der Waals surface area (Å²) in [5.41, 5.74) is 1.20. The molecule has 1 amide bonds. The summed E-state index contributed by atoms with van der Waals surface area (Å²) in [7, 11) is 1.67. The molecule has 0 aliphatic heterocycles. The lowest BCUT2D eigenvalue weighted by Crippen LogP contribution is -2.41. The summed E-state index contributed by atoms with van der Waals surface area (Å²) in [4.78, 5) is 16.1. The standard InChI is InChI=1S/C18H28N4O2/c1-3-19-18(22-12-11-20-17(23)15-7-8-15)21-10-9-14-5-4-6-16(13-14)24-2/h4-6,13,15H,3,7-12H2,1-2H3,(H,20,23)(H2,19,21,22). The lowest BCUT2D eigenvalue weighted by atomic mass is 10.1. The zero-order valence-corrected chi connectivity index (χ0v) is 14.6. The normalized spacial score (nSPS) is 14.2. The molecule has 1 aliphatic carbocycles. The Balaban J connectivity index is 1.71. The molecule has 0 atom stereocenters. The third-order valence-corrected chi connectivity index (χ3v) is 3.81. The van der Waals surface area contributed by atoms with Crippen LogP contribution in [0.15, 0.2) is 29.3 Å². The van der Waals surface area contributed by atoms with Gasteiger partial charge in [0.2, 0.25) is 5.91 Å². The number of nitrogens with one attached hydrogen (secondary N) is 3. The molecule has 0 unspecified atom stereocenters. The van der Waals surface area contributed by atoms with E-state index in [1.165, 1.54) is 5.56 Å². The maximum Gasteiger partial charge on any atom is 0.223 e. The van der Waals surface area contributed by atoms with Crippen LogP contribution in [0.5, 0.6) is 5.75 Å². The van der Waals surface area contributed by atoms with Crippen molar-refractivity contribution in [2.75, 3.05) is 33.3 Å². The van der Waals surface area contributed by atoms with Crippen molar-refractivity contribution < 1.29 is 9.53 Å². The van der Waals surface area contributed by atoms with Gasteiger partial charge < -0.3 is 20.7 Å². The third kappa shape index (κ3) is 6.48. The zero-order chi connectivity index (χ0) is 17.2. The minimum absolute atomic E-state index is 0.178. The molecule has 1 saturated carbocycles. The Morgan fingerprint density at radius 3 is 2.75 bits per heavy atom. The second-order valence-corrected chi connectivity index (χ2v) is 5.85. The second-order valence-electron chi connectivity index (χ2n) is 5.85. The van der Waals surface area contributed by atoms with E-state index in [9.17, 15) is 4.79 Å². The highest BCUT2D eigenvalue weighted by Gasteiger charge is 2.28. The number of guanidine groups is 1. The monoisotopic (exact) mass is 332 g/mol. The molecule has 0 radical (unpaired) electrons. The number of carbonyl (C=O) groups is 1. The van der Waals surface area contributed by atoms with Crippen LogP contribution in [0.4, 0.5) is 0 Å². The minimum Gasteiger partial charge on any atom is -0.497 e. The molecule has 0 heterocycles. The predicted molar refractivity (Wildman–Crippen MR) is 96.4 cm³/mol. The highest BCUT2D eigenvalue weighted by atomic mass is 16.5. The Labute approximate surface area is 144 Å². The number of amides is 1. The number of benzene rings is 1. The van der Waals surface area contributed by atoms with Crippen molar-refractivity contribution in [3.63, 3.8) is 0 Å². The number of nitrogens with zero attached hydrogens (tertiary/aromatic N) is 1. The number of methoxy groups -OCH3 is 1. The van der Waals surface area contributed by atoms with Crippen LogP contribution in [0.1, 0.15) is 25.3 Å². The lowest BCUT2D eigenvalue weighted by molar-refractivity contribution is -0.122.